The zero-order valence-electron chi connectivity index (χ0n) is 16.7. The quantitative estimate of drug-likeness (QED) is 0.487. The summed E-state index contributed by atoms with van der Waals surface area (Å²) in [5.41, 5.74) is 0.225. The molecule has 1 aromatic heterocycles. The smallest absolute Gasteiger partial charge is 0.416 e. The summed E-state index contributed by atoms with van der Waals surface area (Å²) in [6.45, 7) is 1.32. The highest BCUT2D eigenvalue weighted by Gasteiger charge is 2.30. The summed E-state index contributed by atoms with van der Waals surface area (Å²) in [6, 6.07) is 13.2. The maximum Gasteiger partial charge on any atom is 0.416 e. The lowest BCUT2D eigenvalue weighted by molar-refractivity contribution is -0.137. The molecule has 11 heteroatoms. The lowest BCUT2D eigenvalue weighted by Gasteiger charge is -2.10. The Bertz CT molecular complexity index is 1090. The van der Waals surface area contributed by atoms with E-state index in [-0.39, 0.29) is 17.5 Å². The summed E-state index contributed by atoms with van der Waals surface area (Å²) >= 11 is 1.01. The number of halogens is 3. The molecule has 0 saturated heterocycles. The van der Waals surface area contributed by atoms with E-state index in [2.05, 4.69) is 15.6 Å². The third-order valence-corrected chi connectivity index (χ3v) is 4.83. The van der Waals surface area contributed by atoms with Crippen molar-refractivity contribution in [2.24, 2.45) is 0 Å². The predicted octanol–water partition coefficient (Wildman–Crippen LogP) is 5.41. The average molecular weight is 465 g/mol. The molecule has 0 atom stereocenters. The van der Waals surface area contributed by atoms with Crippen molar-refractivity contribution >= 4 is 33.5 Å². The van der Waals surface area contributed by atoms with Gasteiger partial charge in [-0.3, -0.25) is 10.1 Å². The van der Waals surface area contributed by atoms with E-state index in [0.717, 1.165) is 23.5 Å². The molecule has 0 bridgehead atoms. The number of nitrogens with zero attached hydrogens (tertiary/aromatic N) is 1. The molecule has 0 radical (unpaired) electrons. The van der Waals surface area contributed by atoms with Gasteiger partial charge >= 0.3 is 12.3 Å². The summed E-state index contributed by atoms with van der Waals surface area (Å²) in [6.07, 6.45) is -5.21. The van der Waals surface area contributed by atoms with Crippen LogP contribution < -0.4 is 15.4 Å². The normalized spacial score (nSPS) is 11.0. The Morgan fingerprint density at radius 3 is 2.50 bits per heavy atom. The fourth-order valence-corrected chi connectivity index (χ4v) is 3.47. The molecule has 0 aliphatic heterocycles. The molecule has 0 fully saturated rings. The van der Waals surface area contributed by atoms with Gasteiger partial charge in [0.1, 0.15) is 16.4 Å². The standard InChI is InChI=1S/C21H18F3N3O4S/c1-2-30-20(29)27-19-26-17(13-7-4-3-5-8-13)18(32-19)25-16(28)12-31-15-10-6-9-14(11-15)21(22,23)24/h3-11H,2,12H2,1H3,(H,25,28)(H,26,27,29). The number of amides is 2. The van der Waals surface area contributed by atoms with Gasteiger partial charge in [-0.25, -0.2) is 9.78 Å². The number of alkyl halides is 3. The zero-order chi connectivity index (χ0) is 23.1. The van der Waals surface area contributed by atoms with Crippen molar-refractivity contribution in [1.29, 1.82) is 0 Å². The fraction of sp³-hybridized carbons (Fsp3) is 0.190. The van der Waals surface area contributed by atoms with E-state index in [1.54, 1.807) is 31.2 Å². The first-order valence-electron chi connectivity index (χ1n) is 9.36. The SMILES string of the molecule is CCOC(=O)Nc1nc(-c2ccccc2)c(NC(=O)COc2cccc(C(F)(F)F)c2)s1. The highest BCUT2D eigenvalue weighted by molar-refractivity contribution is 7.20. The first-order chi connectivity index (χ1) is 15.3. The van der Waals surface area contributed by atoms with Crippen molar-refractivity contribution < 1.29 is 32.2 Å². The molecule has 2 N–H and O–H groups in total. The summed E-state index contributed by atoms with van der Waals surface area (Å²) < 4.78 is 48.5. The summed E-state index contributed by atoms with van der Waals surface area (Å²) in [4.78, 5) is 28.4. The summed E-state index contributed by atoms with van der Waals surface area (Å²) in [5.74, 6) is -0.696. The first kappa shape index (κ1) is 23.1. The molecule has 7 nitrogen and oxygen atoms in total. The molecule has 2 aromatic carbocycles. The number of carbonyl (C=O) groups excluding carboxylic acids is 2. The lowest BCUT2D eigenvalue weighted by atomic mass is 10.2. The third-order valence-electron chi connectivity index (χ3n) is 3.94. The van der Waals surface area contributed by atoms with E-state index < -0.39 is 30.3 Å². The Morgan fingerprint density at radius 2 is 1.81 bits per heavy atom. The number of hydrogen-bond donors (Lipinski definition) is 2. The van der Waals surface area contributed by atoms with Crippen LogP contribution in [-0.2, 0) is 15.7 Å². The molecule has 32 heavy (non-hydrogen) atoms. The highest BCUT2D eigenvalue weighted by atomic mass is 32.1. The Labute approximate surface area is 185 Å². The predicted molar refractivity (Wildman–Crippen MR) is 114 cm³/mol. The van der Waals surface area contributed by atoms with Gasteiger partial charge in [0.25, 0.3) is 5.91 Å². The van der Waals surface area contributed by atoms with Crippen LogP contribution in [0.1, 0.15) is 12.5 Å². The Hall–Kier alpha value is -3.60. The topological polar surface area (TPSA) is 89.5 Å². The van der Waals surface area contributed by atoms with Gasteiger partial charge in [-0.05, 0) is 25.1 Å². The van der Waals surface area contributed by atoms with Crippen LogP contribution in [0.25, 0.3) is 11.3 Å². The van der Waals surface area contributed by atoms with Crippen LogP contribution in [0.15, 0.2) is 54.6 Å². The number of ether oxygens (including phenoxy) is 2. The Morgan fingerprint density at radius 1 is 1.06 bits per heavy atom. The number of aromatic nitrogens is 1. The van der Waals surface area contributed by atoms with Crippen molar-refractivity contribution in [2.45, 2.75) is 13.1 Å². The molecule has 3 rings (SSSR count). The summed E-state index contributed by atoms with van der Waals surface area (Å²) in [7, 11) is 0. The third kappa shape index (κ3) is 6.20. The molecule has 0 unspecified atom stereocenters. The van der Waals surface area contributed by atoms with Gasteiger partial charge in [0.2, 0.25) is 0 Å². The minimum absolute atomic E-state index is 0.0905. The number of nitrogens with one attached hydrogen (secondary N) is 2. The molecular weight excluding hydrogens is 447 g/mol. The zero-order valence-corrected chi connectivity index (χ0v) is 17.5. The van der Waals surface area contributed by atoms with E-state index in [9.17, 15) is 22.8 Å². The Kier molecular flexibility index (Phi) is 7.31. The maximum atomic E-state index is 12.8. The minimum atomic E-state index is -4.52. The molecule has 2 amide bonds. The second-order valence-corrected chi connectivity index (χ2v) is 7.27. The van der Waals surface area contributed by atoms with E-state index in [1.165, 1.54) is 12.1 Å². The van der Waals surface area contributed by atoms with Crippen LogP contribution in [0.5, 0.6) is 5.75 Å². The molecule has 0 aliphatic rings. The highest BCUT2D eigenvalue weighted by Crippen LogP contribution is 2.36. The van der Waals surface area contributed by atoms with Gasteiger partial charge in [0.15, 0.2) is 11.7 Å². The number of hydrogen-bond acceptors (Lipinski definition) is 6. The molecule has 1 heterocycles. The van der Waals surface area contributed by atoms with Gasteiger partial charge in [0.05, 0.1) is 12.2 Å². The van der Waals surface area contributed by atoms with Crippen molar-refractivity contribution in [3.8, 4) is 17.0 Å². The minimum Gasteiger partial charge on any atom is -0.484 e. The molecule has 168 valence electrons. The monoisotopic (exact) mass is 465 g/mol. The van der Waals surface area contributed by atoms with Crippen LogP contribution in [0.4, 0.5) is 28.1 Å². The van der Waals surface area contributed by atoms with Gasteiger partial charge in [-0.2, -0.15) is 13.2 Å². The first-order valence-corrected chi connectivity index (χ1v) is 10.2. The second-order valence-electron chi connectivity index (χ2n) is 6.27. The molecule has 3 aromatic rings. The van der Waals surface area contributed by atoms with Crippen molar-refractivity contribution in [1.82, 2.24) is 4.98 Å². The fourth-order valence-electron chi connectivity index (χ4n) is 2.58. The van der Waals surface area contributed by atoms with Crippen LogP contribution in [0, 0.1) is 0 Å². The van der Waals surface area contributed by atoms with Gasteiger partial charge in [-0.1, -0.05) is 47.7 Å². The Balaban J connectivity index is 1.73. The number of anilines is 2. The van der Waals surface area contributed by atoms with E-state index in [1.807, 2.05) is 6.07 Å². The number of carbonyl (C=O) groups is 2. The van der Waals surface area contributed by atoms with Crippen molar-refractivity contribution in [3.05, 3.63) is 60.2 Å². The molecule has 0 saturated carbocycles. The second kappa shape index (κ2) is 10.1. The van der Waals surface area contributed by atoms with Crippen LogP contribution >= 0.6 is 11.3 Å². The van der Waals surface area contributed by atoms with Gasteiger partial charge in [0, 0.05) is 5.56 Å². The van der Waals surface area contributed by atoms with Crippen molar-refractivity contribution in [2.75, 3.05) is 23.8 Å². The van der Waals surface area contributed by atoms with E-state index in [4.69, 9.17) is 9.47 Å². The van der Waals surface area contributed by atoms with Gasteiger partial charge < -0.3 is 14.8 Å². The van der Waals surface area contributed by atoms with E-state index >= 15 is 0 Å². The van der Waals surface area contributed by atoms with Gasteiger partial charge in [-0.15, -0.1) is 0 Å². The van der Waals surface area contributed by atoms with E-state index in [0.29, 0.717) is 16.3 Å². The van der Waals surface area contributed by atoms with Crippen LogP contribution in [0.2, 0.25) is 0 Å². The maximum absolute atomic E-state index is 12.8. The van der Waals surface area contributed by atoms with Crippen LogP contribution in [-0.4, -0.2) is 30.2 Å². The largest absolute Gasteiger partial charge is 0.484 e. The lowest BCUT2D eigenvalue weighted by Crippen LogP contribution is -2.20. The summed E-state index contributed by atoms with van der Waals surface area (Å²) in [5, 5.41) is 5.65. The number of rotatable bonds is 7. The average Bonchev–Trinajstić information content (AvgIpc) is 3.14. The van der Waals surface area contributed by atoms with Crippen molar-refractivity contribution in [3.63, 3.8) is 0 Å². The molecule has 0 spiro atoms. The number of thiazole rings is 1. The van der Waals surface area contributed by atoms with Crippen LogP contribution in [0.3, 0.4) is 0 Å². The molecule has 0 aliphatic carbocycles. The molecular formula is C21H18F3N3O4S. The number of benzene rings is 2.